The predicted molar refractivity (Wildman–Crippen MR) is 69.4 cm³/mol. The Bertz CT molecular complexity index is 392. The van der Waals surface area contributed by atoms with Crippen LogP contribution in [-0.2, 0) is 0 Å². The molecular formula is C13H19F2NO4. The highest BCUT2D eigenvalue weighted by molar-refractivity contribution is 5.39. The molecule has 0 fully saturated rings. The highest BCUT2D eigenvalue weighted by Crippen LogP contribution is 2.25. The Labute approximate surface area is 116 Å². The number of alkyl halides is 2. The second kappa shape index (κ2) is 8.68. The lowest BCUT2D eigenvalue weighted by Gasteiger charge is -2.16. The third-order valence-corrected chi connectivity index (χ3v) is 2.52. The summed E-state index contributed by atoms with van der Waals surface area (Å²) < 4.78 is 34.5. The molecule has 0 aliphatic heterocycles. The smallest absolute Gasteiger partial charge is 0.265 e. The van der Waals surface area contributed by atoms with Crippen molar-refractivity contribution in [2.45, 2.75) is 18.6 Å². The maximum absolute atomic E-state index is 12.0. The molecule has 0 heterocycles. The van der Waals surface area contributed by atoms with Gasteiger partial charge in [0.2, 0.25) is 0 Å². The highest BCUT2D eigenvalue weighted by atomic mass is 19.3. The molecule has 2 unspecified atom stereocenters. The third kappa shape index (κ3) is 5.68. The largest absolute Gasteiger partial charge is 0.493 e. The van der Waals surface area contributed by atoms with Crippen molar-refractivity contribution in [1.82, 2.24) is 5.32 Å². The van der Waals surface area contributed by atoms with E-state index in [1.54, 1.807) is 24.3 Å². The van der Waals surface area contributed by atoms with E-state index in [1.807, 2.05) is 0 Å². The lowest BCUT2D eigenvalue weighted by atomic mass is 10.3. The topological polar surface area (TPSA) is 71.0 Å². The van der Waals surface area contributed by atoms with Gasteiger partial charge in [0.1, 0.15) is 18.8 Å². The average Bonchev–Trinajstić information content (AvgIpc) is 2.45. The minimum absolute atomic E-state index is 0.0157. The van der Waals surface area contributed by atoms with Gasteiger partial charge in [-0.15, -0.1) is 0 Å². The number of rotatable bonds is 9. The molecule has 7 heteroatoms. The summed E-state index contributed by atoms with van der Waals surface area (Å²) in [6, 6.07) is 6.97. The Morgan fingerprint density at radius 1 is 1.15 bits per heavy atom. The van der Waals surface area contributed by atoms with Gasteiger partial charge in [-0.3, -0.25) is 0 Å². The number of aliphatic hydroxyl groups is 2. The SMILES string of the molecule is COc1ccccc1OCC(O)CNCC(O)C(F)F. The summed E-state index contributed by atoms with van der Waals surface area (Å²) in [6.45, 7) is -0.263. The first-order valence-corrected chi connectivity index (χ1v) is 6.15. The second-order valence-corrected chi connectivity index (χ2v) is 4.18. The quantitative estimate of drug-likeness (QED) is 0.623. The van der Waals surface area contributed by atoms with Gasteiger partial charge in [-0.1, -0.05) is 12.1 Å². The van der Waals surface area contributed by atoms with Gasteiger partial charge in [0, 0.05) is 13.1 Å². The third-order valence-electron chi connectivity index (χ3n) is 2.52. The molecule has 0 aromatic heterocycles. The lowest BCUT2D eigenvalue weighted by Crippen LogP contribution is -2.38. The second-order valence-electron chi connectivity index (χ2n) is 4.18. The maximum atomic E-state index is 12.0. The standard InChI is InChI=1S/C13H19F2NO4/c1-19-11-4-2-3-5-12(11)20-8-9(17)6-16-7-10(18)13(14)15/h2-5,9-10,13,16-18H,6-8H2,1H3. The van der Waals surface area contributed by atoms with E-state index in [0.717, 1.165) is 0 Å². The summed E-state index contributed by atoms with van der Waals surface area (Å²) in [6.07, 6.45) is -5.42. The molecule has 114 valence electrons. The van der Waals surface area contributed by atoms with Gasteiger partial charge in [-0.05, 0) is 12.1 Å². The van der Waals surface area contributed by atoms with E-state index in [2.05, 4.69) is 5.32 Å². The number of nitrogens with one attached hydrogen (secondary N) is 1. The van der Waals surface area contributed by atoms with Crippen LogP contribution in [0.4, 0.5) is 8.78 Å². The first-order valence-electron chi connectivity index (χ1n) is 6.15. The predicted octanol–water partition coefficient (Wildman–Crippen LogP) is 0.650. The first-order chi connectivity index (χ1) is 9.54. The first kappa shape index (κ1) is 16.6. The summed E-state index contributed by atoms with van der Waals surface area (Å²) in [4.78, 5) is 0. The van der Waals surface area contributed by atoms with Gasteiger partial charge < -0.3 is 25.0 Å². The van der Waals surface area contributed by atoms with Crippen LogP contribution in [0.25, 0.3) is 0 Å². The van der Waals surface area contributed by atoms with E-state index in [-0.39, 0.29) is 19.7 Å². The fraction of sp³-hybridized carbons (Fsp3) is 0.538. The Kier molecular flexibility index (Phi) is 7.21. The number of para-hydroxylation sites is 2. The minimum atomic E-state index is -2.80. The monoisotopic (exact) mass is 291 g/mol. The van der Waals surface area contributed by atoms with Crippen molar-refractivity contribution in [2.24, 2.45) is 0 Å². The van der Waals surface area contributed by atoms with Gasteiger partial charge in [-0.25, -0.2) is 8.78 Å². The molecule has 0 saturated carbocycles. The van der Waals surface area contributed by atoms with Crippen molar-refractivity contribution >= 4 is 0 Å². The molecule has 0 aliphatic rings. The lowest BCUT2D eigenvalue weighted by molar-refractivity contribution is -0.00531. The van der Waals surface area contributed by atoms with Crippen LogP contribution in [0.1, 0.15) is 0 Å². The Morgan fingerprint density at radius 3 is 2.40 bits per heavy atom. The molecular weight excluding hydrogens is 272 g/mol. The van der Waals surface area contributed by atoms with E-state index in [1.165, 1.54) is 7.11 Å². The fourth-order valence-electron chi connectivity index (χ4n) is 1.47. The van der Waals surface area contributed by atoms with Crippen LogP contribution in [0.2, 0.25) is 0 Å². The Hall–Kier alpha value is -1.44. The fourth-order valence-corrected chi connectivity index (χ4v) is 1.47. The molecule has 0 spiro atoms. The highest BCUT2D eigenvalue weighted by Gasteiger charge is 2.16. The number of benzene rings is 1. The number of hydrogen-bond donors (Lipinski definition) is 3. The average molecular weight is 291 g/mol. The van der Waals surface area contributed by atoms with E-state index in [9.17, 15) is 13.9 Å². The number of methoxy groups -OCH3 is 1. The molecule has 1 aromatic carbocycles. The van der Waals surface area contributed by atoms with Gasteiger partial charge in [0.15, 0.2) is 11.5 Å². The Balaban J connectivity index is 2.27. The van der Waals surface area contributed by atoms with Crippen molar-refractivity contribution in [2.75, 3.05) is 26.8 Å². The van der Waals surface area contributed by atoms with Crippen LogP contribution in [0.3, 0.4) is 0 Å². The molecule has 5 nitrogen and oxygen atoms in total. The summed E-state index contributed by atoms with van der Waals surface area (Å²) in [7, 11) is 1.51. The van der Waals surface area contributed by atoms with Gasteiger partial charge in [-0.2, -0.15) is 0 Å². The molecule has 0 radical (unpaired) electrons. The van der Waals surface area contributed by atoms with Gasteiger partial charge >= 0.3 is 0 Å². The summed E-state index contributed by atoms with van der Waals surface area (Å²) in [5, 5.41) is 21.0. The van der Waals surface area contributed by atoms with Crippen LogP contribution in [0.5, 0.6) is 11.5 Å². The molecule has 20 heavy (non-hydrogen) atoms. The van der Waals surface area contributed by atoms with E-state index in [4.69, 9.17) is 14.6 Å². The molecule has 3 N–H and O–H groups in total. The van der Waals surface area contributed by atoms with Crippen LogP contribution in [-0.4, -0.2) is 55.7 Å². The van der Waals surface area contributed by atoms with Crippen LogP contribution in [0, 0.1) is 0 Å². The van der Waals surface area contributed by atoms with E-state index < -0.39 is 18.6 Å². The number of ether oxygens (including phenoxy) is 2. The van der Waals surface area contributed by atoms with Gasteiger partial charge in [0.25, 0.3) is 6.43 Å². The molecule has 0 amide bonds. The van der Waals surface area contributed by atoms with E-state index in [0.29, 0.717) is 11.5 Å². The van der Waals surface area contributed by atoms with Crippen LogP contribution in [0.15, 0.2) is 24.3 Å². The van der Waals surface area contributed by atoms with E-state index >= 15 is 0 Å². The molecule has 2 atom stereocenters. The maximum Gasteiger partial charge on any atom is 0.265 e. The van der Waals surface area contributed by atoms with Gasteiger partial charge in [0.05, 0.1) is 7.11 Å². The summed E-state index contributed by atoms with van der Waals surface area (Å²) in [5.41, 5.74) is 0. The molecule has 0 saturated heterocycles. The van der Waals surface area contributed by atoms with Crippen molar-refractivity contribution in [3.05, 3.63) is 24.3 Å². The number of hydrogen-bond acceptors (Lipinski definition) is 5. The molecule has 1 aromatic rings. The minimum Gasteiger partial charge on any atom is -0.493 e. The summed E-state index contributed by atoms with van der Waals surface area (Å²) >= 11 is 0. The number of aliphatic hydroxyl groups excluding tert-OH is 2. The van der Waals surface area contributed by atoms with Crippen molar-refractivity contribution < 1.29 is 28.5 Å². The zero-order chi connectivity index (χ0) is 15.0. The van der Waals surface area contributed by atoms with Crippen LogP contribution >= 0.6 is 0 Å². The molecule has 0 bridgehead atoms. The van der Waals surface area contributed by atoms with Crippen LogP contribution < -0.4 is 14.8 Å². The normalized spacial score (nSPS) is 14.1. The number of halogens is 2. The molecule has 0 aliphatic carbocycles. The van der Waals surface area contributed by atoms with Crippen molar-refractivity contribution in [3.8, 4) is 11.5 Å². The molecule has 1 rings (SSSR count). The Morgan fingerprint density at radius 2 is 1.80 bits per heavy atom. The van der Waals surface area contributed by atoms with Crippen molar-refractivity contribution in [3.63, 3.8) is 0 Å². The summed E-state index contributed by atoms with van der Waals surface area (Å²) in [5.74, 6) is 1.03. The zero-order valence-corrected chi connectivity index (χ0v) is 11.1. The van der Waals surface area contributed by atoms with Crippen molar-refractivity contribution in [1.29, 1.82) is 0 Å². The zero-order valence-electron chi connectivity index (χ0n) is 11.1.